The molecule has 2 atom stereocenters. The van der Waals surface area contributed by atoms with Gasteiger partial charge in [-0.05, 0) is 17.9 Å². The second-order valence-electron chi connectivity index (χ2n) is 5.43. The second kappa shape index (κ2) is 9.99. The van der Waals surface area contributed by atoms with Crippen molar-refractivity contribution in [3.8, 4) is 0 Å². The Bertz CT molecular complexity index is 312. The molecule has 2 heteroatoms. The summed E-state index contributed by atoms with van der Waals surface area (Å²) in [7, 11) is 1.77. The Labute approximate surface area is 118 Å². The van der Waals surface area contributed by atoms with Gasteiger partial charge in [-0.15, -0.1) is 0 Å². The first-order chi connectivity index (χ1) is 9.27. The molecule has 1 rings (SSSR count). The molecule has 19 heavy (non-hydrogen) atoms. The molecular weight excluding hydrogens is 234 g/mol. The fraction of sp³-hybridized carbons (Fsp3) is 0.647. The molecule has 0 saturated heterocycles. The smallest absolute Gasteiger partial charge is 0.0499 e. The highest BCUT2D eigenvalue weighted by Gasteiger charge is 2.11. The van der Waals surface area contributed by atoms with Gasteiger partial charge in [-0.2, -0.15) is 0 Å². The Morgan fingerprint density at radius 3 is 2.53 bits per heavy atom. The average molecular weight is 263 g/mol. The lowest BCUT2D eigenvalue weighted by Gasteiger charge is -2.21. The first kappa shape index (κ1) is 16.2. The van der Waals surface area contributed by atoms with Gasteiger partial charge in [0.15, 0.2) is 0 Å². The minimum atomic E-state index is 0.479. The maximum atomic E-state index is 5.20. The maximum Gasteiger partial charge on any atom is 0.0499 e. The van der Waals surface area contributed by atoms with E-state index in [0.717, 1.165) is 13.2 Å². The standard InChI is InChI=1S/C17H29NO/c1-4-5-7-12-17(16-10-8-6-9-11-16)18-13-15(2)14-19-3/h6,8-11,15,17-18H,4-5,7,12-14H2,1-3H3. The summed E-state index contributed by atoms with van der Waals surface area (Å²) in [6, 6.07) is 11.3. The maximum absolute atomic E-state index is 5.20. The molecule has 2 nitrogen and oxygen atoms in total. The van der Waals surface area contributed by atoms with Gasteiger partial charge in [-0.3, -0.25) is 0 Å². The number of hydrogen-bond acceptors (Lipinski definition) is 2. The van der Waals surface area contributed by atoms with Gasteiger partial charge in [0.25, 0.3) is 0 Å². The van der Waals surface area contributed by atoms with Crippen LogP contribution in [0.5, 0.6) is 0 Å². The normalized spacial score (nSPS) is 14.3. The first-order valence-electron chi connectivity index (χ1n) is 7.55. The van der Waals surface area contributed by atoms with Crippen molar-refractivity contribution in [3.63, 3.8) is 0 Å². The van der Waals surface area contributed by atoms with Crippen LogP contribution in [0.4, 0.5) is 0 Å². The Hall–Kier alpha value is -0.860. The highest BCUT2D eigenvalue weighted by Crippen LogP contribution is 2.20. The molecule has 0 amide bonds. The molecule has 0 aromatic heterocycles. The van der Waals surface area contributed by atoms with Crippen molar-refractivity contribution in [3.05, 3.63) is 35.9 Å². The number of ether oxygens (including phenoxy) is 1. The number of hydrogen-bond donors (Lipinski definition) is 1. The van der Waals surface area contributed by atoms with E-state index in [1.165, 1.54) is 31.2 Å². The van der Waals surface area contributed by atoms with Crippen molar-refractivity contribution in [2.75, 3.05) is 20.3 Å². The summed E-state index contributed by atoms with van der Waals surface area (Å²) >= 11 is 0. The van der Waals surface area contributed by atoms with Crippen LogP contribution < -0.4 is 5.32 Å². The van der Waals surface area contributed by atoms with E-state index in [9.17, 15) is 0 Å². The van der Waals surface area contributed by atoms with Crippen molar-refractivity contribution < 1.29 is 4.74 Å². The molecule has 0 bridgehead atoms. The third-order valence-electron chi connectivity index (χ3n) is 3.46. The summed E-state index contributed by atoms with van der Waals surface area (Å²) in [5, 5.41) is 3.70. The molecule has 1 N–H and O–H groups in total. The zero-order chi connectivity index (χ0) is 13.9. The second-order valence-corrected chi connectivity index (χ2v) is 5.43. The Morgan fingerprint density at radius 1 is 1.16 bits per heavy atom. The van der Waals surface area contributed by atoms with Gasteiger partial charge >= 0.3 is 0 Å². The zero-order valence-corrected chi connectivity index (χ0v) is 12.7. The van der Waals surface area contributed by atoms with Crippen LogP contribution in [0.1, 0.15) is 51.1 Å². The molecule has 1 aromatic carbocycles. The number of methoxy groups -OCH3 is 1. The van der Waals surface area contributed by atoms with E-state index in [0.29, 0.717) is 12.0 Å². The molecule has 0 radical (unpaired) electrons. The minimum Gasteiger partial charge on any atom is -0.384 e. The SMILES string of the molecule is CCCCCC(NCC(C)COC)c1ccccc1. The highest BCUT2D eigenvalue weighted by atomic mass is 16.5. The van der Waals surface area contributed by atoms with Crippen LogP contribution in [0, 0.1) is 5.92 Å². The average Bonchev–Trinajstić information content (AvgIpc) is 2.44. The summed E-state index contributed by atoms with van der Waals surface area (Å²) in [5.74, 6) is 0.558. The third kappa shape index (κ3) is 6.74. The largest absolute Gasteiger partial charge is 0.384 e. The molecular formula is C17H29NO. The molecule has 0 fully saturated rings. The van der Waals surface area contributed by atoms with Gasteiger partial charge < -0.3 is 10.1 Å². The molecule has 0 aliphatic rings. The van der Waals surface area contributed by atoms with E-state index in [4.69, 9.17) is 4.74 Å². The monoisotopic (exact) mass is 263 g/mol. The van der Waals surface area contributed by atoms with Gasteiger partial charge in [-0.1, -0.05) is 63.4 Å². The van der Waals surface area contributed by atoms with Gasteiger partial charge in [0.2, 0.25) is 0 Å². The van der Waals surface area contributed by atoms with Crippen LogP contribution in [0.15, 0.2) is 30.3 Å². The first-order valence-corrected chi connectivity index (χ1v) is 7.55. The fourth-order valence-corrected chi connectivity index (χ4v) is 2.36. The summed E-state index contributed by atoms with van der Waals surface area (Å²) in [6.07, 6.45) is 5.11. The minimum absolute atomic E-state index is 0.479. The topological polar surface area (TPSA) is 21.3 Å². The summed E-state index contributed by atoms with van der Waals surface area (Å²) in [6.45, 7) is 6.32. The molecule has 108 valence electrons. The summed E-state index contributed by atoms with van der Waals surface area (Å²) in [4.78, 5) is 0. The van der Waals surface area contributed by atoms with Crippen LogP contribution in [-0.2, 0) is 4.74 Å². The van der Waals surface area contributed by atoms with E-state index in [1.807, 2.05) is 0 Å². The predicted molar refractivity (Wildman–Crippen MR) is 82.4 cm³/mol. The van der Waals surface area contributed by atoms with Crippen molar-refractivity contribution >= 4 is 0 Å². The number of nitrogens with one attached hydrogen (secondary N) is 1. The zero-order valence-electron chi connectivity index (χ0n) is 12.7. The Morgan fingerprint density at radius 2 is 1.89 bits per heavy atom. The molecule has 0 aliphatic heterocycles. The third-order valence-corrected chi connectivity index (χ3v) is 3.46. The van der Waals surface area contributed by atoms with Gasteiger partial charge in [0, 0.05) is 26.3 Å². The van der Waals surface area contributed by atoms with Crippen molar-refractivity contribution in [2.24, 2.45) is 5.92 Å². The van der Waals surface area contributed by atoms with Crippen molar-refractivity contribution in [2.45, 2.75) is 45.6 Å². The highest BCUT2D eigenvalue weighted by molar-refractivity contribution is 5.18. The molecule has 2 unspecified atom stereocenters. The molecule has 0 spiro atoms. The summed E-state index contributed by atoms with van der Waals surface area (Å²) in [5.41, 5.74) is 1.41. The number of unbranched alkanes of at least 4 members (excludes halogenated alkanes) is 2. The quantitative estimate of drug-likeness (QED) is 0.639. The lowest BCUT2D eigenvalue weighted by molar-refractivity contribution is 0.156. The van der Waals surface area contributed by atoms with E-state index in [2.05, 4.69) is 49.5 Å². The lowest BCUT2D eigenvalue weighted by Crippen LogP contribution is -2.28. The fourth-order valence-electron chi connectivity index (χ4n) is 2.36. The Balaban J connectivity index is 2.49. The molecule has 0 heterocycles. The lowest BCUT2D eigenvalue weighted by atomic mass is 10.00. The van der Waals surface area contributed by atoms with E-state index in [-0.39, 0.29) is 0 Å². The van der Waals surface area contributed by atoms with Crippen LogP contribution >= 0.6 is 0 Å². The van der Waals surface area contributed by atoms with E-state index < -0.39 is 0 Å². The predicted octanol–water partition coefficient (Wildman–Crippen LogP) is 4.18. The number of benzene rings is 1. The van der Waals surface area contributed by atoms with Gasteiger partial charge in [0.05, 0.1) is 0 Å². The number of rotatable bonds is 10. The molecule has 0 aliphatic carbocycles. The van der Waals surface area contributed by atoms with Crippen LogP contribution in [0.2, 0.25) is 0 Å². The molecule has 0 saturated carbocycles. The summed E-state index contributed by atoms with van der Waals surface area (Å²) < 4.78 is 5.20. The van der Waals surface area contributed by atoms with Crippen molar-refractivity contribution in [1.82, 2.24) is 5.32 Å². The van der Waals surface area contributed by atoms with E-state index in [1.54, 1.807) is 7.11 Å². The van der Waals surface area contributed by atoms with Gasteiger partial charge in [-0.25, -0.2) is 0 Å². The van der Waals surface area contributed by atoms with Crippen LogP contribution in [0.3, 0.4) is 0 Å². The van der Waals surface area contributed by atoms with Gasteiger partial charge in [0.1, 0.15) is 0 Å². The molecule has 1 aromatic rings. The van der Waals surface area contributed by atoms with Crippen molar-refractivity contribution in [1.29, 1.82) is 0 Å². The van der Waals surface area contributed by atoms with Crippen LogP contribution in [-0.4, -0.2) is 20.3 Å². The van der Waals surface area contributed by atoms with E-state index >= 15 is 0 Å². The van der Waals surface area contributed by atoms with Crippen LogP contribution in [0.25, 0.3) is 0 Å². The Kier molecular flexibility index (Phi) is 8.52.